The van der Waals surface area contributed by atoms with Gasteiger partial charge in [-0.2, -0.15) is 0 Å². The van der Waals surface area contributed by atoms with Gasteiger partial charge in [-0.05, 0) is 36.6 Å². The first-order chi connectivity index (χ1) is 8.61. The molecule has 0 aromatic heterocycles. The number of carbonyl (C=O) groups is 2. The van der Waals surface area contributed by atoms with Crippen LogP contribution in [0, 0.1) is 5.92 Å². The summed E-state index contributed by atoms with van der Waals surface area (Å²) in [5.41, 5.74) is 1.39. The third-order valence-electron chi connectivity index (χ3n) is 3.01. The third-order valence-corrected chi connectivity index (χ3v) is 3.01. The Labute approximate surface area is 107 Å². The molecule has 1 aromatic rings. The van der Waals surface area contributed by atoms with E-state index in [1.54, 1.807) is 29.2 Å². The van der Waals surface area contributed by atoms with Crippen molar-refractivity contribution in [3.8, 4) is 0 Å². The molecule has 1 atom stereocenters. The van der Waals surface area contributed by atoms with E-state index in [1.807, 2.05) is 0 Å². The van der Waals surface area contributed by atoms with Crippen molar-refractivity contribution in [3.05, 3.63) is 29.8 Å². The Morgan fingerprint density at radius 3 is 2.61 bits per heavy atom. The van der Waals surface area contributed by atoms with E-state index < -0.39 is 0 Å². The zero-order valence-electron chi connectivity index (χ0n) is 10.6. The minimum atomic E-state index is -0.306. The van der Waals surface area contributed by atoms with Gasteiger partial charge in [-0.15, -0.1) is 0 Å². The molecular weight excluding hydrogens is 230 g/mol. The van der Waals surface area contributed by atoms with Gasteiger partial charge < -0.3 is 4.74 Å². The number of nitrogens with zero attached hydrogens (tertiary/aromatic N) is 1. The first-order valence-corrected chi connectivity index (χ1v) is 6.13. The quantitative estimate of drug-likeness (QED) is 0.768. The van der Waals surface area contributed by atoms with Gasteiger partial charge >= 0.3 is 6.09 Å². The summed E-state index contributed by atoms with van der Waals surface area (Å²) in [7, 11) is 0. The van der Waals surface area contributed by atoms with Crippen LogP contribution in [0.2, 0.25) is 0 Å². The first-order valence-electron chi connectivity index (χ1n) is 6.13. The Kier molecular flexibility index (Phi) is 3.65. The summed E-state index contributed by atoms with van der Waals surface area (Å²) in [6, 6.07) is 7.06. The van der Waals surface area contributed by atoms with Crippen LogP contribution in [0.5, 0.6) is 0 Å². The normalized spacial score (nSPS) is 19.2. The van der Waals surface area contributed by atoms with Crippen molar-refractivity contribution in [2.75, 3.05) is 11.5 Å². The maximum absolute atomic E-state index is 11.8. The maximum atomic E-state index is 11.8. The topological polar surface area (TPSA) is 46.6 Å². The van der Waals surface area contributed by atoms with Crippen molar-refractivity contribution in [3.63, 3.8) is 0 Å². The fourth-order valence-electron chi connectivity index (χ4n) is 2.21. The Balaban J connectivity index is 2.21. The van der Waals surface area contributed by atoms with Gasteiger partial charge in [-0.3, -0.25) is 9.69 Å². The summed E-state index contributed by atoms with van der Waals surface area (Å²) in [5, 5.41) is 0. The van der Waals surface area contributed by atoms with Crippen molar-refractivity contribution < 1.29 is 14.3 Å². The molecule has 1 amide bonds. The lowest BCUT2D eigenvalue weighted by Crippen LogP contribution is -2.34. The van der Waals surface area contributed by atoms with E-state index in [9.17, 15) is 9.59 Å². The maximum Gasteiger partial charge on any atom is 0.414 e. The average molecular weight is 247 g/mol. The van der Waals surface area contributed by atoms with E-state index in [0.717, 1.165) is 18.4 Å². The van der Waals surface area contributed by atoms with Crippen LogP contribution in [0.4, 0.5) is 10.5 Å². The SMILES string of the molecule is CC(C)CC1COC(=O)N1c1ccc(C=O)cc1. The molecule has 96 valence electrons. The van der Waals surface area contributed by atoms with Crippen LogP contribution in [-0.2, 0) is 4.74 Å². The van der Waals surface area contributed by atoms with Gasteiger partial charge in [0.2, 0.25) is 0 Å². The molecule has 1 heterocycles. The second-order valence-electron chi connectivity index (χ2n) is 4.94. The number of carbonyl (C=O) groups excluding carboxylic acids is 2. The Morgan fingerprint density at radius 1 is 1.39 bits per heavy atom. The highest BCUT2D eigenvalue weighted by Crippen LogP contribution is 2.26. The minimum absolute atomic E-state index is 0.0829. The molecule has 1 aliphatic rings. The van der Waals surface area contributed by atoms with Gasteiger partial charge in [-0.1, -0.05) is 13.8 Å². The molecule has 0 bridgehead atoms. The molecule has 0 aliphatic carbocycles. The predicted molar refractivity (Wildman–Crippen MR) is 68.9 cm³/mol. The lowest BCUT2D eigenvalue weighted by atomic mass is 10.0. The summed E-state index contributed by atoms with van der Waals surface area (Å²) >= 11 is 0. The second kappa shape index (κ2) is 5.21. The van der Waals surface area contributed by atoms with Crippen LogP contribution < -0.4 is 4.90 Å². The summed E-state index contributed by atoms with van der Waals surface area (Å²) in [5.74, 6) is 0.501. The lowest BCUT2D eigenvalue weighted by Gasteiger charge is -2.22. The monoisotopic (exact) mass is 247 g/mol. The van der Waals surface area contributed by atoms with E-state index >= 15 is 0 Å². The molecule has 2 rings (SSSR count). The van der Waals surface area contributed by atoms with Gasteiger partial charge in [0.15, 0.2) is 0 Å². The molecule has 0 N–H and O–H groups in total. The van der Waals surface area contributed by atoms with Gasteiger partial charge in [0.25, 0.3) is 0 Å². The number of cyclic esters (lactones) is 1. The zero-order chi connectivity index (χ0) is 13.1. The van der Waals surface area contributed by atoms with Gasteiger partial charge in [0.1, 0.15) is 12.9 Å². The first kappa shape index (κ1) is 12.6. The zero-order valence-corrected chi connectivity index (χ0v) is 10.6. The summed E-state index contributed by atoms with van der Waals surface area (Å²) in [4.78, 5) is 24.0. The number of aldehydes is 1. The smallest absolute Gasteiger partial charge is 0.414 e. The molecule has 1 saturated heterocycles. The number of ether oxygens (including phenoxy) is 1. The van der Waals surface area contributed by atoms with Crippen LogP contribution in [0.3, 0.4) is 0 Å². The van der Waals surface area contributed by atoms with E-state index in [1.165, 1.54) is 0 Å². The van der Waals surface area contributed by atoms with Gasteiger partial charge in [0.05, 0.1) is 6.04 Å². The highest BCUT2D eigenvalue weighted by atomic mass is 16.6. The van der Waals surface area contributed by atoms with Crippen molar-refractivity contribution >= 4 is 18.1 Å². The van der Waals surface area contributed by atoms with Gasteiger partial charge in [-0.25, -0.2) is 4.79 Å². The van der Waals surface area contributed by atoms with E-state index in [2.05, 4.69) is 13.8 Å². The highest BCUT2D eigenvalue weighted by Gasteiger charge is 2.34. The molecule has 0 spiro atoms. The van der Waals surface area contributed by atoms with Crippen LogP contribution in [0.1, 0.15) is 30.6 Å². The number of hydrogen-bond donors (Lipinski definition) is 0. The van der Waals surface area contributed by atoms with Crippen LogP contribution >= 0.6 is 0 Å². The molecule has 1 fully saturated rings. The molecule has 0 saturated carbocycles. The summed E-state index contributed by atoms with van der Waals surface area (Å²) < 4.78 is 5.11. The molecular formula is C14H17NO3. The fraction of sp³-hybridized carbons (Fsp3) is 0.429. The fourth-order valence-corrected chi connectivity index (χ4v) is 2.21. The highest BCUT2D eigenvalue weighted by molar-refractivity contribution is 5.90. The molecule has 4 heteroatoms. The Morgan fingerprint density at radius 2 is 2.06 bits per heavy atom. The van der Waals surface area contributed by atoms with Crippen molar-refractivity contribution in [1.29, 1.82) is 0 Å². The third kappa shape index (κ3) is 2.53. The molecule has 1 aromatic carbocycles. The molecule has 1 unspecified atom stereocenters. The van der Waals surface area contributed by atoms with E-state index in [-0.39, 0.29) is 12.1 Å². The number of amides is 1. The van der Waals surface area contributed by atoms with E-state index in [0.29, 0.717) is 18.1 Å². The van der Waals surface area contributed by atoms with Crippen LogP contribution in [0.25, 0.3) is 0 Å². The largest absolute Gasteiger partial charge is 0.447 e. The molecule has 18 heavy (non-hydrogen) atoms. The second-order valence-corrected chi connectivity index (χ2v) is 4.94. The van der Waals surface area contributed by atoms with Crippen LogP contribution in [-0.4, -0.2) is 25.0 Å². The van der Waals surface area contributed by atoms with Crippen molar-refractivity contribution in [1.82, 2.24) is 0 Å². The predicted octanol–water partition coefficient (Wildman–Crippen LogP) is 2.87. The number of benzene rings is 1. The van der Waals surface area contributed by atoms with E-state index in [4.69, 9.17) is 4.74 Å². The Bertz CT molecular complexity index is 439. The number of rotatable bonds is 4. The minimum Gasteiger partial charge on any atom is -0.447 e. The van der Waals surface area contributed by atoms with Crippen LogP contribution in [0.15, 0.2) is 24.3 Å². The lowest BCUT2D eigenvalue weighted by molar-refractivity contribution is 0.112. The van der Waals surface area contributed by atoms with Crippen molar-refractivity contribution in [2.45, 2.75) is 26.3 Å². The molecule has 4 nitrogen and oxygen atoms in total. The summed E-state index contributed by atoms with van der Waals surface area (Å²) in [6.45, 7) is 4.68. The Hall–Kier alpha value is -1.84. The standard InChI is InChI=1S/C14H17NO3/c1-10(2)7-13-9-18-14(17)15(13)12-5-3-11(8-16)4-6-12/h3-6,8,10,13H,7,9H2,1-2H3. The number of hydrogen-bond acceptors (Lipinski definition) is 3. The van der Waals surface area contributed by atoms with Gasteiger partial charge in [0, 0.05) is 11.3 Å². The van der Waals surface area contributed by atoms with Crippen molar-refractivity contribution in [2.24, 2.45) is 5.92 Å². The summed E-state index contributed by atoms with van der Waals surface area (Å²) in [6.07, 6.45) is 1.39. The number of anilines is 1. The molecule has 1 aliphatic heterocycles. The average Bonchev–Trinajstić information content (AvgIpc) is 2.70. The molecule has 0 radical (unpaired) electrons.